The molecule has 7 nitrogen and oxygen atoms in total. The van der Waals surface area contributed by atoms with E-state index in [1.54, 1.807) is 6.07 Å². The molecular formula is C11H6ClN3O4S. The predicted molar refractivity (Wildman–Crippen MR) is 71.2 cm³/mol. The molecule has 0 aliphatic carbocycles. The largest absolute Gasteiger partial charge is 0.478 e. The van der Waals surface area contributed by atoms with Crippen LogP contribution >= 0.6 is 23.4 Å². The Morgan fingerprint density at radius 1 is 1.45 bits per heavy atom. The minimum Gasteiger partial charge on any atom is -0.478 e. The van der Waals surface area contributed by atoms with E-state index >= 15 is 0 Å². The highest BCUT2D eigenvalue weighted by Gasteiger charge is 2.21. The predicted octanol–water partition coefficient (Wildman–Crippen LogP) is 2.89. The quantitative estimate of drug-likeness (QED) is 0.525. The van der Waals surface area contributed by atoms with Gasteiger partial charge in [-0.2, -0.15) is 0 Å². The van der Waals surface area contributed by atoms with E-state index in [2.05, 4.69) is 9.97 Å². The van der Waals surface area contributed by atoms with Crippen LogP contribution in [0.5, 0.6) is 0 Å². The van der Waals surface area contributed by atoms with Gasteiger partial charge in [0.25, 0.3) is 5.69 Å². The van der Waals surface area contributed by atoms with Crippen molar-refractivity contribution in [3.8, 4) is 0 Å². The third-order valence-corrected chi connectivity index (χ3v) is 3.74. The number of benzene rings is 1. The number of nitrogens with zero attached hydrogens (tertiary/aromatic N) is 3. The number of hydrogen-bond acceptors (Lipinski definition) is 6. The van der Waals surface area contributed by atoms with E-state index in [0.717, 1.165) is 23.9 Å². The van der Waals surface area contributed by atoms with Crippen molar-refractivity contribution in [2.45, 2.75) is 9.92 Å². The second-order valence-electron chi connectivity index (χ2n) is 3.52. The number of non-ortho nitro benzene ring substituents is 1. The molecule has 2 rings (SSSR count). The normalized spacial score (nSPS) is 10.2. The highest BCUT2D eigenvalue weighted by atomic mass is 35.5. The Balaban J connectivity index is 2.51. The molecule has 0 radical (unpaired) electrons. The Morgan fingerprint density at radius 3 is 2.75 bits per heavy atom. The number of aromatic nitrogens is 2. The van der Waals surface area contributed by atoms with E-state index in [4.69, 9.17) is 16.7 Å². The molecular weight excluding hydrogens is 306 g/mol. The van der Waals surface area contributed by atoms with Crippen LogP contribution in [0.1, 0.15) is 10.4 Å². The van der Waals surface area contributed by atoms with Gasteiger partial charge in [0, 0.05) is 23.2 Å². The van der Waals surface area contributed by atoms with Gasteiger partial charge in [-0.15, -0.1) is 0 Å². The smallest absolute Gasteiger partial charge is 0.337 e. The van der Waals surface area contributed by atoms with Gasteiger partial charge in [0.2, 0.25) is 0 Å². The first-order chi connectivity index (χ1) is 9.49. The van der Waals surface area contributed by atoms with Gasteiger partial charge in [-0.25, -0.2) is 14.8 Å². The number of carboxylic acid groups (broad SMARTS) is 1. The molecule has 0 bridgehead atoms. The summed E-state index contributed by atoms with van der Waals surface area (Å²) in [6, 6.07) is 3.66. The summed E-state index contributed by atoms with van der Waals surface area (Å²) in [5, 5.41) is 20.3. The van der Waals surface area contributed by atoms with Gasteiger partial charge in [0.05, 0.1) is 15.5 Å². The highest BCUT2D eigenvalue weighted by molar-refractivity contribution is 7.99. The average molecular weight is 312 g/mol. The van der Waals surface area contributed by atoms with Crippen LogP contribution in [0, 0.1) is 10.1 Å². The van der Waals surface area contributed by atoms with Crippen LogP contribution in [0.15, 0.2) is 40.6 Å². The van der Waals surface area contributed by atoms with E-state index in [9.17, 15) is 14.9 Å². The first-order valence-corrected chi connectivity index (χ1v) is 6.33. The fraction of sp³-hybridized carbons (Fsp3) is 0. The number of rotatable bonds is 4. The first-order valence-electron chi connectivity index (χ1n) is 5.14. The summed E-state index contributed by atoms with van der Waals surface area (Å²) in [6.07, 6.45) is 2.80. The zero-order chi connectivity index (χ0) is 14.7. The number of hydrogen-bond donors (Lipinski definition) is 1. The lowest BCUT2D eigenvalue weighted by atomic mass is 10.2. The van der Waals surface area contributed by atoms with Crippen molar-refractivity contribution in [2.75, 3.05) is 0 Å². The summed E-state index contributed by atoms with van der Waals surface area (Å²) in [6.45, 7) is 0. The molecule has 20 heavy (non-hydrogen) atoms. The molecule has 1 N–H and O–H groups in total. The molecule has 9 heteroatoms. The third kappa shape index (κ3) is 3.03. The van der Waals surface area contributed by atoms with Gasteiger partial charge in [-0.05, 0) is 6.07 Å². The monoisotopic (exact) mass is 311 g/mol. The molecule has 0 fully saturated rings. The maximum Gasteiger partial charge on any atom is 0.337 e. The second kappa shape index (κ2) is 5.85. The SMILES string of the molecule is O=C(O)c1cc([N+](=O)[O-])cc(Cl)c1Sc1ccncn1. The first kappa shape index (κ1) is 14.2. The lowest BCUT2D eigenvalue weighted by molar-refractivity contribution is -0.384. The molecule has 0 aliphatic rings. The van der Waals surface area contributed by atoms with E-state index in [1.807, 2.05) is 0 Å². The van der Waals surface area contributed by atoms with Gasteiger partial charge in [0.1, 0.15) is 11.4 Å². The maximum atomic E-state index is 11.2. The van der Waals surface area contributed by atoms with Crippen molar-refractivity contribution in [3.63, 3.8) is 0 Å². The van der Waals surface area contributed by atoms with Crippen molar-refractivity contribution in [1.82, 2.24) is 9.97 Å². The van der Waals surface area contributed by atoms with E-state index in [1.165, 1.54) is 12.5 Å². The molecule has 1 heterocycles. The number of nitro benzene ring substituents is 1. The highest BCUT2D eigenvalue weighted by Crippen LogP contribution is 2.37. The Labute approximate surface area is 121 Å². The summed E-state index contributed by atoms with van der Waals surface area (Å²) in [5.41, 5.74) is -0.618. The van der Waals surface area contributed by atoms with Crippen molar-refractivity contribution >= 4 is 35.0 Å². The Hall–Kier alpha value is -2.19. The number of carboxylic acids is 1. The molecule has 102 valence electrons. The van der Waals surface area contributed by atoms with Crippen LogP contribution in [0.2, 0.25) is 5.02 Å². The van der Waals surface area contributed by atoms with Crippen molar-refractivity contribution < 1.29 is 14.8 Å². The fourth-order valence-corrected chi connectivity index (χ4v) is 2.57. The number of aromatic carboxylic acids is 1. The fourth-order valence-electron chi connectivity index (χ4n) is 1.39. The van der Waals surface area contributed by atoms with Crippen LogP contribution in [-0.4, -0.2) is 26.0 Å². The Bertz CT molecular complexity index is 681. The van der Waals surface area contributed by atoms with Crippen LogP contribution < -0.4 is 0 Å². The standard InChI is InChI=1S/C11H6ClN3O4S/c12-8-4-6(15(18)19)3-7(11(16)17)10(8)20-9-1-2-13-5-14-9/h1-5H,(H,16,17). The summed E-state index contributed by atoms with van der Waals surface area (Å²) in [4.78, 5) is 29.1. The maximum absolute atomic E-state index is 11.2. The topological polar surface area (TPSA) is 106 Å². The molecule has 0 amide bonds. The third-order valence-electron chi connectivity index (χ3n) is 2.23. The molecule has 0 unspecified atom stereocenters. The number of carbonyl (C=O) groups is 1. The summed E-state index contributed by atoms with van der Waals surface area (Å²) >= 11 is 6.94. The molecule has 1 aromatic carbocycles. The Kier molecular flexibility index (Phi) is 4.16. The van der Waals surface area contributed by atoms with Crippen molar-refractivity contribution in [1.29, 1.82) is 0 Å². The van der Waals surface area contributed by atoms with Crippen LogP contribution in [0.3, 0.4) is 0 Å². The molecule has 0 atom stereocenters. The van der Waals surface area contributed by atoms with Gasteiger partial charge in [0.15, 0.2) is 0 Å². The lowest BCUT2D eigenvalue weighted by Gasteiger charge is -2.07. The summed E-state index contributed by atoms with van der Waals surface area (Å²) in [7, 11) is 0. The Morgan fingerprint density at radius 2 is 2.20 bits per heavy atom. The van der Waals surface area contributed by atoms with E-state index < -0.39 is 10.9 Å². The molecule has 0 saturated heterocycles. The van der Waals surface area contributed by atoms with Crippen LogP contribution in [0.4, 0.5) is 5.69 Å². The van der Waals surface area contributed by atoms with Crippen LogP contribution in [0.25, 0.3) is 0 Å². The molecule has 0 aliphatic heterocycles. The van der Waals surface area contributed by atoms with Gasteiger partial charge in [-0.3, -0.25) is 10.1 Å². The zero-order valence-electron chi connectivity index (χ0n) is 9.69. The molecule has 2 aromatic rings. The van der Waals surface area contributed by atoms with Gasteiger partial charge < -0.3 is 5.11 Å². The number of nitro groups is 1. The minimum absolute atomic E-state index is 0.0137. The summed E-state index contributed by atoms with van der Waals surface area (Å²) in [5.74, 6) is -1.30. The lowest BCUT2D eigenvalue weighted by Crippen LogP contribution is -2.01. The van der Waals surface area contributed by atoms with E-state index in [0.29, 0.717) is 5.03 Å². The van der Waals surface area contributed by atoms with E-state index in [-0.39, 0.29) is 21.2 Å². The minimum atomic E-state index is -1.30. The molecule has 1 aromatic heterocycles. The zero-order valence-corrected chi connectivity index (χ0v) is 11.3. The summed E-state index contributed by atoms with van der Waals surface area (Å²) < 4.78 is 0. The van der Waals surface area contributed by atoms with Crippen LogP contribution in [-0.2, 0) is 0 Å². The number of halogens is 1. The molecule has 0 spiro atoms. The van der Waals surface area contributed by atoms with Crippen molar-refractivity contribution in [2.24, 2.45) is 0 Å². The molecule has 0 saturated carbocycles. The van der Waals surface area contributed by atoms with Gasteiger partial charge >= 0.3 is 5.97 Å². The average Bonchev–Trinajstić information content (AvgIpc) is 2.41. The van der Waals surface area contributed by atoms with Gasteiger partial charge in [-0.1, -0.05) is 23.4 Å². The second-order valence-corrected chi connectivity index (χ2v) is 4.95. The van der Waals surface area contributed by atoms with Crippen molar-refractivity contribution in [3.05, 3.63) is 51.4 Å².